The fourth-order valence-electron chi connectivity index (χ4n) is 2.23. The summed E-state index contributed by atoms with van der Waals surface area (Å²) < 4.78 is 0. The fourth-order valence-corrected chi connectivity index (χ4v) is 2.23. The van der Waals surface area contributed by atoms with E-state index in [4.69, 9.17) is 5.73 Å². The average Bonchev–Trinajstić information content (AvgIpc) is 2.37. The Balaban J connectivity index is 2.71. The van der Waals surface area contributed by atoms with E-state index in [1.54, 1.807) is 0 Å². The molecule has 0 bridgehead atoms. The Kier molecular flexibility index (Phi) is 5.36. The molecule has 1 aliphatic rings. The lowest BCUT2D eigenvalue weighted by molar-refractivity contribution is 0.434. The van der Waals surface area contributed by atoms with Gasteiger partial charge in [-0.2, -0.15) is 0 Å². The monoisotopic (exact) mass is 232 g/mol. The highest BCUT2D eigenvalue weighted by Gasteiger charge is 2.23. The van der Waals surface area contributed by atoms with Crippen LogP contribution in [0, 0.1) is 5.41 Å². The standard InChI is InChI=1S/C15H24N2/c1-4-15(2,11-14(12-16)17-3)10-13-8-6-5-7-9-13/h4-6,8H,1,7,9-12,16H2,2-3H3. The van der Waals surface area contributed by atoms with E-state index < -0.39 is 0 Å². The van der Waals surface area contributed by atoms with Gasteiger partial charge >= 0.3 is 0 Å². The molecule has 0 saturated heterocycles. The number of hydrogen-bond donors (Lipinski definition) is 1. The molecule has 17 heavy (non-hydrogen) atoms. The Bertz CT molecular complexity index is 350. The van der Waals surface area contributed by atoms with Crippen molar-refractivity contribution < 1.29 is 0 Å². The molecule has 0 aromatic rings. The van der Waals surface area contributed by atoms with E-state index in [-0.39, 0.29) is 5.41 Å². The molecule has 2 nitrogen and oxygen atoms in total. The smallest absolute Gasteiger partial charge is 0.0310 e. The quantitative estimate of drug-likeness (QED) is 0.554. The first-order valence-corrected chi connectivity index (χ1v) is 6.26. The lowest BCUT2D eigenvalue weighted by Crippen LogP contribution is -2.24. The zero-order chi connectivity index (χ0) is 12.7. The second-order valence-corrected chi connectivity index (χ2v) is 5.00. The van der Waals surface area contributed by atoms with E-state index in [9.17, 15) is 0 Å². The van der Waals surface area contributed by atoms with Gasteiger partial charge in [-0.05, 0) is 31.1 Å². The predicted molar refractivity (Wildman–Crippen MR) is 76.4 cm³/mol. The molecule has 0 aromatic carbocycles. The van der Waals surface area contributed by atoms with E-state index in [2.05, 4.69) is 36.7 Å². The third-order valence-electron chi connectivity index (χ3n) is 3.38. The molecule has 1 aliphatic carbocycles. The van der Waals surface area contributed by atoms with Gasteiger partial charge < -0.3 is 5.73 Å². The highest BCUT2D eigenvalue weighted by molar-refractivity contribution is 5.86. The highest BCUT2D eigenvalue weighted by atomic mass is 14.7. The van der Waals surface area contributed by atoms with Gasteiger partial charge in [-0.1, -0.05) is 36.8 Å². The molecule has 0 aliphatic heterocycles. The second kappa shape index (κ2) is 6.55. The maximum absolute atomic E-state index is 5.69. The first kappa shape index (κ1) is 13.9. The van der Waals surface area contributed by atoms with Crippen LogP contribution in [0.4, 0.5) is 0 Å². The Labute approximate surface area is 105 Å². The molecule has 0 aromatic heterocycles. The first-order valence-electron chi connectivity index (χ1n) is 6.26. The van der Waals surface area contributed by atoms with E-state index in [0.29, 0.717) is 6.54 Å². The molecule has 0 fully saturated rings. The van der Waals surface area contributed by atoms with Gasteiger partial charge in [-0.25, -0.2) is 0 Å². The summed E-state index contributed by atoms with van der Waals surface area (Å²) in [6.45, 7) is 6.76. The summed E-state index contributed by atoms with van der Waals surface area (Å²) in [5.41, 5.74) is 8.33. The summed E-state index contributed by atoms with van der Waals surface area (Å²) in [6, 6.07) is 0. The number of allylic oxidation sites excluding steroid dienone is 5. The van der Waals surface area contributed by atoms with Crippen molar-refractivity contribution in [3.63, 3.8) is 0 Å². The largest absolute Gasteiger partial charge is 0.326 e. The maximum atomic E-state index is 5.69. The molecular formula is C15H24N2. The second-order valence-electron chi connectivity index (χ2n) is 5.00. The summed E-state index contributed by atoms with van der Waals surface area (Å²) >= 11 is 0. The first-order chi connectivity index (χ1) is 8.13. The Hall–Kier alpha value is -1.15. The van der Waals surface area contributed by atoms with Crippen LogP contribution < -0.4 is 5.73 Å². The van der Waals surface area contributed by atoms with Crippen molar-refractivity contribution in [2.45, 2.75) is 32.6 Å². The summed E-state index contributed by atoms with van der Waals surface area (Å²) in [5, 5.41) is 0. The maximum Gasteiger partial charge on any atom is 0.0310 e. The van der Waals surface area contributed by atoms with Gasteiger partial charge in [0.05, 0.1) is 0 Å². The molecular weight excluding hydrogens is 208 g/mol. The normalized spacial score (nSPS) is 19.7. The van der Waals surface area contributed by atoms with E-state index >= 15 is 0 Å². The van der Waals surface area contributed by atoms with Crippen LogP contribution in [0.15, 0.2) is 41.4 Å². The molecule has 2 heteroatoms. The van der Waals surface area contributed by atoms with Crippen molar-refractivity contribution in [2.24, 2.45) is 16.1 Å². The van der Waals surface area contributed by atoms with Gasteiger partial charge in [0.2, 0.25) is 0 Å². The number of rotatable bonds is 6. The van der Waals surface area contributed by atoms with Crippen LogP contribution >= 0.6 is 0 Å². The lowest BCUT2D eigenvalue weighted by Gasteiger charge is -2.28. The third-order valence-corrected chi connectivity index (χ3v) is 3.38. The number of hydrogen-bond acceptors (Lipinski definition) is 2. The Morgan fingerprint density at radius 2 is 2.41 bits per heavy atom. The SMILES string of the molecule is C=CC(C)(CC1=CC=CCC1)CC(CN)=NC. The van der Waals surface area contributed by atoms with Crippen LogP contribution in [-0.2, 0) is 0 Å². The zero-order valence-corrected chi connectivity index (χ0v) is 11.1. The minimum absolute atomic E-state index is 0.0746. The molecule has 2 N–H and O–H groups in total. The zero-order valence-electron chi connectivity index (χ0n) is 11.1. The Morgan fingerprint density at radius 1 is 1.65 bits per heavy atom. The summed E-state index contributed by atoms with van der Waals surface area (Å²) in [5.74, 6) is 0. The van der Waals surface area contributed by atoms with Crippen LogP contribution in [0.25, 0.3) is 0 Å². The average molecular weight is 232 g/mol. The molecule has 94 valence electrons. The van der Waals surface area contributed by atoms with Crippen molar-refractivity contribution in [3.05, 3.63) is 36.5 Å². The molecule has 0 amide bonds. The summed E-state index contributed by atoms with van der Waals surface area (Å²) in [6.07, 6.45) is 12.9. The van der Waals surface area contributed by atoms with Crippen molar-refractivity contribution in [3.8, 4) is 0 Å². The van der Waals surface area contributed by atoms with Crippen LogP contribution in [0.2, 0.25) is 0 Å². The summed E-state index contributed by atoms with van der Waals surface area (Å²) in [4.78, 5) is 4.24. The van der Waals surface area contributed by atoms with Crippen molar-refractivity contribution in [1.82, 2.24) is 0 Å². The van der Waals surface area contributed by atoms with E-state index in [0.717, 1.165) is 25.0 Å². The molecule has 1 rings (SSSR count). The van der Waals surface area contributed by atoms with Crippen LogP contribution in [0.1, 0.15) is 32.6 Å². The van der Waals surface area contributed by atoms with Crippen LogP contribution in [0.3, 0.4) is 0 Å². The molecule has 0 saturated carbocycles. The minimum Gasteiger partial charge on any atom is -0.326 e. The topological polar surface area (TPSA) is 38.4 Å². The number of nitrogens with zero attached hydrogens (tertiary/aromatic N) is 1. The highest BCUT2D eigenvalue weighted by Crippen LogP contribution is 2.34. The van der Waals surface area contributed by atoms with Gasteiger partial charge in [0.15, 0.2) is 0 Å². The van der Waals surface area contributed by atoms with Gasteiger partial charge in [0.1, 0.15) is 0 Å². The van der Waals surface area contributed by atoms with Crippen LogP contribution in [0.5, 0.6) is 0 Å². The molecule has 0 heterocycles. The molecule has 0 radical (unpaired) electrons. The number of nitrogens with two attached hydrogens (primary N) is 1. The van der Waals surface area contributed by atoms with Gasteiger partial charge in [-0.15, -0.1) is 6.58 Å². The Morgan fingerprint density at radius 3 is 2.88 bits per heavy atom. The predicted octanol–water partition coefficient (Wildman–Crippen LogP) is 3.26. The van der Waals surface area contributed by atoms with E-state index in [1.807, 2.05) is 13.1 Å². The van der Waals surface area contributed by atoms with Crippen molar-refractivity contribution >= 4 is 5.71 Å². The van der Waals surface area contributed by atoms with Crippen molar-refractivity contribution in [2.75, 3.05) is 13.6 Å². The van der Waals surface area contributed by atoms with E-state index in [1.165, 1.54) is 12.0 Å². The van der Waals surface area contributed by atoms with Crippen LogP contribution in [-0.4, -0.2) is 19.3 Å². The van der Waals surface area contributed by atoms with Gasteiger partial charge in [0.25, 0.3) is 0 Å². The molecule has 1 atom stereocenters. The molecule has 1 unspecified atom stereocenters. The third kappa shape index (κ3) is 4.31. The number of aliphatic imine (C=N–C) groups is 1. The minimum atomic E-state index is 0.0746. The van der Waals surface area contributed by atoms with Gasteiger partial charge in [0, 0.05) is 19.3 Å². The lowest BCUT2D eigenvalue weighted by atomic mass is 9.77. The fraction of sp³-hybridized carbons (Fsp3) is 0.533. The molecule has 0 spiro atoms. The summed E-state index contributed by atoms with van der Waals surface area (Å²) in [7, 11) is 1.81. The van der Waals surface area contributed by atoms with Crippen molar-refractivity contribution in [1.29, 1.82) is 0 Å². The van der Waals surface area contributed by atoms with Gasteiger partial charge in [-0.3, -0.25) is 4.99 Å².